The van der Waals surface area contributed by atoms with E-state index in [1.54, 1.807) is 16.4 Å². The molecule has 0 saturated carbocycles. The van der Waals surface area contributed by atoms with Gasteiger partial charge < -0.3 is 5.32 Å². The molecule has 0 unspecified atom stereocenters. The van der Waals surface area contributed by atoms with Crippen LogP contribution in [0.2, 0.25) is 5.02 Å². The summed E-state index contributed by atoms with van der Waals surface area (Å²) >= 11 is 7.55. The summed E-state index contributed by atoms with van der Waals surface area (Å²) in [5.41, 5.74) is 0.548. The zero-order valence-electron chi connectivity index (χ0n) is 17.0. The number of anilines is 1. The van der Waals surface area contributed by atoms with Gasteiger partial charge in [-0.2, -0.15) is 4.31 Å². The van der Waals surface area contributed by atoms with Crippen LogP contribution in [0, 0.1) is 0 Å². The molecule has 0 aliphatic carbocycles. The van der Waals surface area contributed by atoms with Gasteiger partial charge in [0.05, 0.1) is 16.1 Å². The molecule has 1 aliphatic heterocycles. The molecule has 1 aromatic carbocycles. The van der Waals surface area contributed by atoms with Crippen molar-refractivity contribution in [1.29, 1.82) is 0 Å². The summed E-state index contributed by atoms with van der Waals surface area (Å²) in [6.45, 7) is 4.52. The van der Waals surface area contributed by atoms with E-state index in [1.165, 1.54) is 30.1 Å². The molecule has 10 heteroatoms. The van der Waals surface area contributed by atoms with Gasteiger partial charge in [-0.1, -0.05) is 36.7 Å². The summed E-state index contributed by atoms with van der Waals surface area (Å²) in [6, 6.07) is 6.15. The van der Waals surface area contributed by atoms with Crippen molar-refractivity contribution >= 4 is 45.0 Å². The number of rotatable bonds is 7. The van der Waals surface area contributed by atoms with Gasteiger partial charge in [0.15, 0.2) is 10.9 Å². The van der Waals surface area contributed by atoms with Crippen molar-refractivity contribution in [3.05, 3.63) is 41.2 Å². The van der Waals surface area contributed by atoms with E-state index in [9.17, 15) is 13.2 Å². The number of sulfonamides is 1. The Bertz CT molecular complexity index is 1000. The topological polar surface area (TPSA) is 92.3 Å². The van der Waals surface area contributed by atoms with Crippen molar-refractivity contribution in [1.82, 2.24) is 14.3 Å². The highest BCUT2D eigenvalue weighted by atomic mass is 35.5. The summed E-state index contributed by atoms with van der Waals surface area (Å²) in [5, 5.41) is 3.37. The number of carbonyl (C=O) groups is 1. The number of thioether (sulfide) groups is 1. The molecule has 7 nitrogen and oxygen atoms in total. The Morgan fingerprint density at radius 2 is 2.03 bits per heavy atom. The molecule has 1 amide bonds. The first-order valence-electron chi connectivity index (χ1n) is 9.91. The van der Waals surface area contributed by atoms with Gasteiger partial charge in [0.2, 0.25) is 10.0 Å². The van der Waals surface area contributed by atoms with Gasteiger partial charge in [-0.05, 0) is 50.5 Å². The lowest BCUT2D eigenvalue weighted by molar-refractivity contribution is 0.102. The summed E-state index contributed by atoms with van der Waals surface area (Å²) in [7, 11) is -3.55. The van der Waals surface area contributed by atoms with Gasteiger partial charge in [0, 0.05) is 24.0 Å². The Morgan fingerprint density at radius 3 is 2.70 bits per heavy atom. The molecule has 3 rings (SSSR count). The zero-order chi connectivity index (χ0) is 21.7. The quantitative estimate of drug-likeness (QED) is 0.476. The highest BCUT2D eigenvalue weighted by Gasteiger charge is 2.30. The van der Waals surface area contributed by atoms with Gasteiger partial charge in [0.25, 0.3) is 5.91 Å². The number of amides is 1. The van der Waals surface area contributed by atoms with Crippen molar-refractivity contribution in [3.63, 3.8) is 0 Å². The van der Waals surface area contributed by atoms with Gasteiger partial charge >= 0.3 is 0 Å². The molecule has 1 aliphatic rings. The van der Waals surface area contributed by atoms with Crippen molar-refractivity contribution < 1.29 is 13.2 Å². The van der Waals surface area contributed by atoms with Gasteiger partial charge in [-0.3, -0.25) is 4.79 Å². The molecule has 1 aromatic heterocycles. The normalized spacial score (nSPS) is 17.6. The average molecular weight is 469 g/mol. The maximum Gasteiger partial charge on any atom is 0.275 e. The molecular formula is C20H25ClN4O3S2. The lowest BCUT2D eigenvalue weighted by Crippen LogP contribution is -2.41. The monoisotopic (exact) mass is 468 g/mol. The summed E-state index contributed by atoms with van der Waals surface area (Å²) < 4.78 is 27.4. The average Bonchev–Trinajstić information content (AvgIpc) is 2.73. The van der Waals surface area contributed by atoms with Crippen molar-refractivity contribution in [2.45, 2.75) is 55.6 Å². The Balaban J connectivity index is 1.73. The molecule has 30 heavy (non-hydrogen) atoms. The third-order valence-electron chi connectivity index (χ3n) is 4.83. The van der Waals surface area contributed by atoms with Crippen LogP contribution in [0.15, 0.2) is 40.5 Å². The molecule has 1 atom stereocenters. The number of aromatic nitrogens is 2. The number of nitrogens with one attached hydrogen (secondary N) is 1. The van der Waals surface area contributed by atoms with Crippen LogP contribution in [0.1, 0.15) is 50.0 Å². The van der Waals surface area contributed by atoms with Crippen LogP contribution in [0.25, 0.3) is 0 Å². The zero-order valence-corrected chi connectivity index (χ0v) is 19.4. The van der Waals surface area contributed by atoms with Gasteiger partial charge in [0.1, 0.15) is 0 Å². The third kappa shape index (κ3) is 5.32. The fraction of sp³-hybridized carbons (Fsp3) is 0.450. The molecule has 2 aromatic rings. The van der Waals surface area contributed by atoms with Crippen molar-refractivity contribution in [3.8, 4) is 0 Å². The molecule has 1 saturated heterocycles. The maximum atomic E-state index is 12.9. The first-order valence-corrected chi connectivity index (χ1v) is 12.7. The lowest BCUT2D eigenvalue weighted by Gasteiger charge is -2.32. The van der Waals surface area contributed by atoms with Crippen LogP contribution in [-0.4, -0.2) is 46.9 Å². The number of nitrogens with zero attached hydrogens (tertiary/aromatic N) is 3. The number of halogens is 1. The first kappa shape index (κ1) is 23.0. The highest BCUT2D eigenvalue weighted by molar-refractivity contribution is 7.99. The second-order valence-corrected chi connectivity index (χ2v) is 10.5. The minimum Gasteiger partial charge on any atom is -0.321 e. The van der Waals surface area contributed by atoms with Crippen LogP contribution in [-0.2, 0) is 10.0 Å². The summed E-state index contributed by atoms with van der Waals surface area (Å²) in [6.07, 6.45) is 5.16. The van der Waals surface area contributed by atoms with E-state index in [0.29, 0.717) is 17.4 Å². The molecule has 2 heterocycles. The largest absolute Gasteiger partial charge is 0.321 e. The number of piperidine rings is 1. The fourth-order valence-electron chi connectivity index (χ4n) is 3.24. The van der Waals surface area contributed by atoms with Crippen LogP contribution in [0.4, 0.5) is 5.69 Å². The molecular weight excluding hydrogens is 444 g/mol. The lowest BCUT2D eigenvalue weighted by atomic mass is 10.1. The predicted molar refractivity (Wildman–Crippen MR) is 120 cm³/mol. The van der Waals surface area contributed by atoms with Crippen molar-refractivity contribution in [2.24, 2.45) is 0 Å². The fourth-order valence-corrected chi connectivity index (χ4v) is 5.78. The molecule has 0 spiro atoms. The second-order valence-electron chi connectivity index (χ2n) is 7.14. The number of hydrogen-bond acceptors (Lipinski definition) is 6. The van der Waals surface area contributed by atoms with Crippen LogP contribution < -0.4 is 5.32 Å². The van der Waals surface area contributed by atoms with E-state index < -0.39 is 15.9 Å². The molecule has 1 fully saturated rings. The number of benzene rings is 1. The van der Waals surface area contributed by atoms with E-state index in [1.807, 2.05) is 13.8 Å². The number of carbonyl (C=O) groups excluding carboxylic acids is 1. The van der Waals surface area contributed by atoms with Crippen molar-refractivity contribution in [2.75, 3.05) is 17.6 Å². The standard InChI is InChI=1S/C20H25ClN4O3S2/c1-3-12-29-20-22-13-17(21)18(24-20)19(26)23-15-7-9-16(10-8-15)30(27,28)25-11-5-4-6-14(25)2/h7-10,13-14H,3-6,11-12H2,1-2H3,(H,23,26)/t14-/m1/s1. The maximum absolute atomic E-state index is 12.9. The smallest absolute Gasteiger partial charge is 0.275 e. The van der Waals surface area contributed by atoms with Gasteiger partial charge in [-0.25, -0.2) is 18.4 Å². The minimum absolute atomic E-state index is 0.0113. The summed E-state index contributed by atoms with van der Waals surface area (Å²) in [4.78, 5) is 21.2. The van der Waals surface area contributed by atoms with Crippen LogP contribution in [0.5, 0.6) is 0 Å². The molecule has 162 valence electrons. The van der Waals surface area contributed by atoms with E-state index in [4.69, 9.17) is 11.6 Å². The Labute approximate surface area is 186 Å². The summed E-state index contributed by atoms with van der Waals surface area (Å²) in [5.74, 6) is 0.370. The molecule has 1 N–H and O–H groups in total. The predicted octanol–water partition coefficient (Wildman–Crippen LogP) is 4.45. The van der Waals surface area contributed by atoms with Gasteiger partial charge in [-0.15, -0.1) is 0 Å². The minimum atomic E-state index is -3.55. The van der Waals surface area contributed by atoms with E-state index in [2.05, 4.69) is 15.3 Å². The van der Waals surface area contributed by atoms with Crippen LogP contribution >= 0.6 is 23.4 Å². The Kier molecular flexibility index (Phi) is 7.73. The highest BCUT2D eigenvalue weighted by Crippen LogP contribution is 2.26. The van der Waals surface area contributed by atoms with E-state index >= 15 is 0 Å². The first-order chi connectivity index (χ1) is 14.3. The van der Waals surface area contributed by atoms with E-state index in [-0.39, 0.29) is 21.7 Å². The Hall–Kier alpha value is -1.68. The molecule has 0 bridgehead atoms. The van der Waals surface area contributed by atoms with Crippen LogP contribution in [0.3, 0.4) is 0 Å². The van der Waals surface area contributed by atoms with E-state index in [0.717, 1.165) is 31.4 Å². The SMILES string of the molecule is CCCSc1ncc(Cl)c(C(=O)Nc2ccc(S(=O)(=O)N3CCCC[C@H]3C)cc2)n1. The third-order valence-corrected chi connectivity index (χ3v) is 8.20. The Morgan fingerprint density at radius 1 is 1.30 bits per heavy atom. The molecule has 0 radical (unpaired) electrons. The second kappa shape index (κ2) is 10.1. The number of hydrogen-bond donors (Lipinski definition) is 1.